The fraction of sp³-hybridized carbons (Fsp3) is 0.652. The van der Waals surface area contributed by atoms with Crippen LogP contribution in [0.15, 0.2) is 24.3 Å². The number of fused-ring (bicyclic) bond motifs is 1. The molecule has 0 bridgehead atoms. The predicted octanol–water partition coefficient (Wildman–Crippen LogP) is 3.86. The van der Waals surface area contributed by atoms with Gasteiger partial charge in [-0.3, -0.25) is 9.69 Å². The molecule has 1 saturated carbocycles. The van der Waals surface area contributed by atoms with E-state index in [0.717, 1.165) is 38.8 Å². The number of carbonyl (C=O) groups is 2. The summed E-state index contributed by atoms with van der Waals surface area (Å²) in [5.74, 6) is 0.104. The van der Waals surface area contributed by atoms with E-state index in [9.17, 15) is 9.59 Å². The molecule has 3 unspecified atom stereocenters. The molecule has 5 nitrogen and oxygen atoms in total. The van der Waals surface area contributed by atoms with Gasteiger partial charge in [0.25, 0.3) is 5.91 Å². The Labute approximate surface area is 169 Å². The van der Waals surface area contributed by atoms with Crippen molar-refractivity contribution in [3.8, 4) is 0 Å². The van der Waals surface area contributed by atoms with E-state index >= 15 is 0 Å². The molecule has 1 aliphatic heterocycles. The topological polar surface area (TPSA) is 49.9 Å². The first-order valence-electron chi connectivity index (χ1n) is 10.7. The molecule has 1 amide bonds. The van der Waals surface area contributed by atoms with Gasteiger partial charge in [-0.15, -0.1) is 0 Å². The summed E-state index contributed by atoms with van der Waals surface area (Å²) in [6.45, 7) is 8.43. The van der Waals surface area contributed by atoms with Crippen LogP contribution < -0.4 is 0 Å². The third kappa shape index (κ3) is 4.24. The van der Waals surface area contributed by atoms with Crippen LogP contribution in [0, 0.1) is 5.92 Å². The zero-order chi connectivity index (χ0) is 20.3. The minimum atomic E-state index is -0.443. The summed E-state index contributed by atoms with van der Waals surface area (Å²) >= 11 is 0. The molecule has 1 heterocycles. The van der Waals surface area contributed by atoms with Crippen molar-refractivity contribution in [3.05, 3.63) is 35.4 Å². The van der Waals surface area contributed by atoms with Crippen LogP contribution in [0.1, 0.15) is 68.8 Å². The molecule has 0 N–H and O–H groups in total. The zero-order valence-corrected chi connectivity index (χ0v) is 17.7. The molecule has 0 radical (unpaired) electrons. The number of esters is 1. The van der Waals surface area contributed by atoms with E-state index < -0.39 is 6.04 Å². The number of amides is 1. The van der Waals surface area contributed by atoms with E-state index in [4.69, 9.17) is 4.74 Å². The van der Waals surface area contributed by atoms with Crippen molar-refractivity contribution in [1.29, 1.82) is 0 Å². The highest BCUT2D eigenvalue weighted by molar-refractivity contribution is 5.97. The second-order valence-corrected chi connectivity index (χ2v) is 8.45. The molecule has 1 aromatic rings. The third-order valence-corrected chi connectivity index (χ3v) is 6.52. The van der Waals surface area contributed by atoms with Crippen molar-refractivity contribution >= 4 is 11.9 Å². The Morgan fingerprint density at radius 3 is 2.46 bits per heavy atom. The lowest BCUT2D eigenvalue weighted by molar-refractivity contribution is -0.145. The molecule has 3 rings (SSSR count). The van der Waals surface area contributed by atoms with Gasteiger partial charge in [-0.1, -0.05) is 31.9 Å². The van der Waals surface area contributed by atoms with E-state index in [-0.39, 0.29) is 17.9 Å². The van der Waals surface area contributed by atoms with Crippen LogP contribution in [0.25, 0.3) is 0 Å². The summed E-state index contributed by atoms with van der Waals surface area (Å²) in [4.78, 5) is 29.9. The third-order valence-electron chi connectivity index (χ3n) is 6.52. The number of nitrogens with zero attached hydrogens (tertiary/aromatic N) is 2. The molecule has 0 spiro atoms. The van der Waals surface area contributed by atoms with Gasteiger partial charge in [0, 0.05) is 24.2 Å². The highest BCUT2D eigenvalue weighted by Crippen LogP contribution is 2.40. The fourth-order valence-corrected chi connectivity index (χ4v) is 4.89. The van der Waals surface area contributed by atoms with E-state index in [2.05, 4.69) is 25.7 Å². The quantitative estimate of drug-likeness (QED) is 0.697. The maximum atomic E-state index is 13.3. The van der Waals surface area contributed by atoms with Crippen molar-refractivity contribution in [3.63, 3.8) is 0 Å². The molecular formula is C23H34N2O3. The van der Waals surface area contributed by atoms with Gasteiger partial charge in [0.15, 0.2) is 0 Å². The van der Waals surface area contributed by atoms with Gasteiger partial charge >= 0.3 is 5.97 Å². The van der Waals surface area contributed by atoms with E-state index in [1.54, 1.807) is 0 Å². The number of carbonyl (C=O) groups excluding carboxylic acids is 2. The molecule has 2 fully saturated rings. The second kappa shape index (κ2) is 9.08. The molecule has 1 aliphatic carbocycles. The van der Waals surface area contributed by atoms with Crippen LogP contribution in [0.5, 0.6) is 0 Å². The lowest BCUT2D eigenvalue weighted by atomic mass is 9.84. The van der Waals surface area contributed by atoms with Gasteiger partial charge in [-0.25, -0.2) is 4.79 Å². The summed E-state index contributed by atoms with van der Waals surface area (Å²) in [5, 5.41) is 0. The Hall–Kier alpha value is -1.88. The second-order valence-electron chi connectivity index (χ2n) is 8.45. The standard InChI is InChI=1S/C23H34N2O3/c1-5-24(16(2)3)15-17-10-12-18(13-11-17)22(26)25-20-9-7-6-8-19(20)14-21(25)23(27)28-4/h10-13,16,19-21H,5-9,14-15H2,1-4H3. The van der Waals surface area contributed by atoms with Crippen molar-refractivity contribution in [2.45, 2.75) is 77.5 Å². The number of hydrogen-bond acceptors (Lipinski definition) is 4. The van der Waals surface area contributed by atoms with Crippen LogP contribution in [0.4, 0.5) is 0 Å². The molecule has 1 saturated heterocycles. The van der Waals surface area contributed by atoms with Crippen molar-refractivity contribution in [2.75, 3.05) is 13.7 Å². The van der Waals surface area contributed by atoms with Gasteiger partial charge in [-0.05, 0) is 63.3 Å². The van der Waals surface area contributed by atoms with Crippen molar-refractivity contribution < 1.29 is 14.3 Å². The van der Waals surface area contributed by atoms with Crippen molar-refractivity contribution in [1.82, 2.24) is 9.80 Å². The molecular weight excluding hydrogens is 352 g/mol. The van der Waals surface area contributed by atoms with Gasteiger partial charge in [0.2, 0.25) is 0 Å². The Morgan fingerprint density at radius 1 is 1.18 bits per heavy atom. The maximum absolute atomic E-state index is 13.3. The Balaban J connectivity index is 1.78. The summed E-state index contributed by atoms with van der Waals surface area (Å²) < 4.78 is 5.02. The van der Waals surface area contributed by atoms with Gasteiger partial charge in [0.05, 0.1) is 7.11 Å². The molecule has 2 aliphatic rings. The molecule has 154 valence electrons. The van der Waals surface area contributed by atoms with Gasteiger partial charge in [-0.2, -0.15) is 0 Å². The van der Waals surface area contributed by atoms with Gasteiger partial charge < -0.3 is 9.64 Å². The minimum Gasteiger partial charge on any atom is -0.467 e. The fourth-order valence-electron chi connectivity index (χ4n) is 4.89. The first kappa shape index (κ1) is 20.8. The normalized spacial score (nSPS) is 24.5. The number of likely N-dealkylation sites (tertiary alicyclic amines) is 1. The summed E-state index contributed by atoms with van der Waals surface area (Å²) in [7, 11) is 1.41. The van der Waals surface area contributed by atoms with E-state index in [0.29, 0.717) is 17.5 Å². The van der Waals surface area contributed by atoms with E-state index in [1.165, 1.54) is 19.1 Å². The molecule has 5 heteroatoms. The average Bonchev–Trinajstić information content (AvgIpc) is 3.10. The first-order chi connectivity index (χ1) is 13.5. The van der Waals surface area contributed by atoms with Crippen LogP contribution in [0.3, 0.4) is 0 Å². The van der Waals surface area contributed by atoms with Crippen LogP contribution in [0.2, 0.25) is 0 Å². The van der Waals surface area contributed by atoms with Gasteiger partial charge in [0.1, 0.15) is 6.04 Å². The van der Waals surface area contributed by atoms with E-state index in [1.807, 2.05) is 29.2 Å². The summed E-state index contributed by atoms with van der Waals surface area (Å²) in [6.07, 6.45) is 5.14. The number of methoxy groups -OCH3 is 1. The number of hydrogen-bond donors (Lipinski definition) is 0. The first-order valence-corrected chi connectivity index (χ1v) is 10.7. The molecule has 1 aromatic carbocycles. The smallest absolute Gasteiger partial charge is 0.328 e. The lowest BCUT2D eigenvalue weighted by Crippen LogP contribution is -2.46. The SMILES string of the molecule is CCN(Cc1ccc(C(=O)N2C(C(=O)OC)CC3CCCCC32)cc1)C(C)C. The van der Waals surface area contributed by atoms with Crippen LogP contribution in [-0.2, 0) is 16.1 Å². The number of benzene rings is 1. The summed E-state index contributed by atoms with van der Waals surface area (Å²) in [5.41, 5.74) is 1.87. The Kier molecular flexibility index (Phi) is 6.76. The van der Waals surface area contributed by atoms with Crippen LogP contribution >= 0.6 is 0 Å². The maximum Gasteiger partial charge on any atom is 0.328 e. The average molecular weight is 387 g/mol. The molecule has 3 atom stereocenters. The number of ether oxygens (including phenoxy) is 1. The molecule has 0 aromatic heterocycles. The van der Waals surface area contributed by atoms with Crippen molar-refractivity contribution in [2.24, 2.45) is 5.92 Å². The highest BCUT2D eigenvalue weighted by atomic mass is 16.5. The summed E-state index contributed by atoms with van der Waals surface area (Å²) in [6, 6.07) is 8.12. The monoisotopic (exact) mass is 386 g/mol. The number of rotatable bonds is 6. The molecule has 28 heavy (non-hydrogen) atoms. The Bertz CT molecular complexity index is 686. The predicted molar refractivity (Wildman–Crippen MR) is 110 cm³/mol. The lowest BCUT2D eigenvalue weighted by Gasteiger charge is -2.33. The largest absolute Gasteiger partial charge is 0.467 e. The zero-order valence-electron chi connectivity index (χ0n) is 17.7. The minimum absolute atomic E-state index is 0.0347. The van der Waals surface area contributed by atoms with Crippen LogP contribution in [-0.4, -0.2) is 53.5 Å². The Morgan fingerprint density at radius 2 is 1.86 bits per heavy atom. The highest BCUT2D eigenvalue weighted by Gasteiger charge is 2.48.